The van der Waals surface area contributed by atoms with Gasteiger partial charge in [0.05, 0.1) is 0 Å². The van der Waals surface area contributed by atoms with Gasteiger partial charge in [0.15, 0.2) is 0 Å². The van der Waals surface area contributed by atoms with E-state index in [2.05, 4.69) is 20.8 Å². The molecular formula is C11H21NO. The van der Waals surface area contributed by atoms with Crippen LogP contribution in [0.1, 0.15) is 46.5 Å². The SMILES string of the molecule is CN1C(=O)CCC1CCC(C)(C)C. The molecule has 0 radical (unpaired) electrons. The van der Waals surface area contributed by atoms with E-state index in [1.165, 1.54) is 6.42 Å². The Labute approximate surface area is 81.3 Å². The van der Waals surface area contributed by atoms with Crippen LogP contribution in [0.5, 0.6) is 0 Å². The number of likely N-dealkylation sites (tertiary alicyclic amines) is 1. The van der Waals surface area contributed by atoms with Crippen LogP contribution in [0.3, 0.4) is 0 Å². The van der Waals surface area contributed by atoms with Crippen molar-refractivity contribution in [2.75, 3.05) is 7.05 Å². The first-order chi connectivity index (χ1) is 5.90. The van der Waals surface area contributed by atoms with E-state index >= 15 is 0 Å². The van der Waals surface area contributed by atoms with Crippen LogP contribution in [0.4, 0.5) is 0 Å². The molecule has 1 rings (SSSR count). The summed E-state index contributed by atoms with van der Waals surface area (Å²) in [7, 11) is 1.93. The third kappa shape index (κ3) is 3.02. The third-order valence-corrected chi connectivity index (χ3v) is 2.86. The van der Waals surface area contributed by atoms with Crippen LogP contribution in [0.25, 0.3) is 0 Å². The van der Waals surface area contributed by atoms with E-state index in [0.29, 0.717) is 17.4 Å². The molecule has 0 aromatic carbocycles. The fourth-order valence-electron chi connectivity index (χ4n) is 1.80. The average molecular weight is 183 g/mol. The molecular weight excluding hydrogens is 162 g/mol. The highest BCUT2D eigenvalue weighted by molar-refractivity contribution is 5.78. The van der Waals surface area contributed by atoms with E-state index in [-0.39, 0.29) is 0 Å². The second-order valence-corrected chi connectivity index (χ2v) is 5.30. The number of carbonyl (C=O) groups is 1. The Morgan fingerprint density at radius 2 is 2.08 bits per heavy atom. The van der Waals surface area contributed by atoms with Gasteiger partial charge in [0.25, 0.3) is 0 Å². The van der Waals surface area contributed by atoms with Gasteiger partial charge in [-0.25, -0.2) is 0 Å². The monoisotopic (exact) mass is 183 g/mol. The van der Waals surface area contributed by atoms with Crippen LogP contribution in [0.15, 0.2) is 0 Å². The molecule has 2 nitrogen and oxygen atoms in total. The quantitative estimate of drug-likeness (QED) is 0.644. The molecule has 0 spiro atoms. The Morgan fingerprint density at radius 3 is 2.46 bits per heavy atom. The average Bonchev–Trinajstić information content (AvgIpc) is 2.29. The molecule has 1 atom stereocenters. The molecule has 1 aliphatic heterocycles. The van der Waals surface area contributed by atoms with Crippen molar-refractivity contribution in [3.05, 3.63) is 0 Å². The van der Waals surface area contributed by atoms with Crippen LogP contribution < -0.4 is 0 Å². The Bertz CT molecular complexity index is 193. The summed E-state index contributed by atoms with van der Waals surface area (Å²) < 4.78 is 0. The number of amides is 1. The lowest BCUT2D eigenvalue weighted by Gasteiger charge is -2.24. The van der Waals surface area contributed by atoms with Gasteiger partial charge in [0.2, 0.25) is 5.91 Å². The molecule has 1 aliphatic rings. The molecule has 0 N–H and O–H groups in total. The van der Waals surface area contributed by atoms with Crippen LogP contribution in [-0.2, 0) is 4.79 Å². The molecule has 13 heavy (non-hydrogen) atoms. The Balaban J connectivity index is 2.35. The third-order valence-electron chi connectivity index (χ3n) is 2.86. The Hall–Kier alpha value is -0.530. The lowest BCUT2D eigenvalue weighted by atomic mass is 9.88. The lowest BCUT2D eigenvalue weighted by Crippen LogP contribution is -2.29. The first-order valence-electron chi connectivity index (χ1n) is 5.16. The predicted molar refractivity (Wildman–Crippen MR) is 54.5 cm³/mol. The minimum Gasteiger partial charge on any atom is -0.343 e. The standard InChI is InChI=1S/C11H21NO/c1-11(2,3)8-7-9-5-6-10(13)12(9)4/h9H,5-8H2,1-4H3. The highest BCUT2D eigenvalue weighted by atomic mass is 16.2. The maximum absolute atomic E-state index is 11.2. The molecule has 76 valence electrons. The van der Waals surface area contributed by atoms with E-state index in [9.17, 15) is 4.79 Å². The number of hydrogen-bond acceptors (Lipinski definition) is 1. The minimum atomic E-state index is 0.318. The van der Waals surface area contributed by atoms with Crippen LogP contribution >= 0.6 is 0 Å². The summed E-state index contributed by atoms with van der Waals surface area (Å²) in [6.07, 6.45) is 4.18. The van der Waals surface area contributed by atoms with Crippen molar-refractivity contribution >= 4 is 5.91 Å². The van der Waals surface area contributed by atoms with Crippen molar-refractivity contribution in [2.45, 2.75) is 52.5 Å². The smallest absolute Gasteiger partial charge is 0.222 e. The molecule has 1 heterocycles. The zero-order valence-corrected chi connectivity index (χ0v) is 9.26. The second kappa shape index (κ2) is 3.69. The minimum absolute atomic E-state index is 0.318. The number of rotatable bonds is 2. The van der Waals surface area contributed by atoms with Gasteiger partial charge >= 0.3 is 0 Å². The second-order valence-electron chi connectivity index (χ2n) is 5.30. The highest BCUT2D eigenvalue weighted by Gasteiger charge is 2.28. The summed E-state index contributed by atoms with van der Waals surface area (Å²) in [5.41, 5.74) is 0.395. The molecule has 1 fully saturated rings. The summed E-state index contributed by atoms with van der Waals surface area (Å²) in [6, 6.07) is 0.506. The predicted octanol–water partition coefficient (Wildman–Crippen LogP) is 2.43. The van der Waals surface area contributed by atoms with Crippen molar-refractivity contribution in [3.8, 4) is 0 Å². The molecule has 0 saturated carbocycles. The summed E-state index contributed by atoms with van der Waals surface area (Å²) in [6.45, 7) is 6.76. The van der Waals surface area contributed by atoms with E-state index in [1.54, 1.807) is 0 Å². The summed E-state index contributed by atoms with van der Waals surface area (Å²) in [4.78, 5) is 13.2. The molecule has 1 saturated heterocycles. The molecule has 2 heteroatoms. The molecule has 0 bridgehead atoms. The van der Waals surface area contributed by atoms with Gasteiger partial charge in [-0.3, -0.25) is 4.79 Å². The number of nitrogens with zero attached hydrogens (tertiary/aromatic N) is 1. The van der Waals surface area contributed by atoms with E-state index < -0.39 is 0 Å². The van der Waals surface area contributed by atoms with Gasteiger partial charge in [-0.2, -0.15) is 0 Å². The first-order valence-corrected chi connectivity index (χ1v) is 5.16. The Morgan fingerprint density at radius 1 is 1.46 bits per heavy atom. The molecule has 0 aromatic rings. The molecule has 1 amide bonds. The Kier molecular flexibility index (Phi) is 2.99. The fraction of sp³-hybridized carbons (Fsp3) is 0.909. The zero-order valence-electron chi connectivity index (χ0n) is 9.26. The zero-order chi connectivity index (χ0) is 10.1. The summed E-state index contributed by atoms with van der Waals surface area (Å²) in [5.74, 6) is 0.318. The number of hydrogen-bond donors (Lipinski definition) is 0. The van der Waals surface area contributed by atoms with Crippen molar-refractivity contribution in [1.82, 2.24) is 4.90 Å². The van der Waals surface area contributed by atoms with Gasteiger partial charge in [0.1, 0.15) is 0 Å². The highest BCUT2D eigenvalue weighted by Crippen LogP contribution is 2.27. The van der Waals surface area contributed by atoms with Crippen molar-refractivity contribution in [1.29, 1.82) is 0 Å². The van der Waals surface area contributed by atoms with E-state index in [4.69, 9.17) is 0 Å². The normalized spacial score (nSPS) is 24.2. The molecule has 0 aliphatic carbocycles. The van der Waals surface area contributed by atoms with Crippen LogP contribution in [-0.4, -0.2) is 23.9 Å². The number of carbonyl (C=O) groups excluding carboxylic acids is 1. The molecule has 1 unspecified atom stereocenters. The first kappa shape index (κ1) is 10.6. The van der Waals surface area contributed by atoms with Gasteiger partial charge < -0.3 is 4.90 Å². The maximum Gasteiger partial charge on any atom is 0.222 e. The maximum atomic E-state index is 11.2. The van der Waals surface area contributed by atoms with Gasteiger partial charge in [0, 0.05) is 19.5 Å². The van der Waals surface area contributed by atoms with Gasteiger partial charge in [-0.1, -0.05) is 20.8 Å². The fourth-order valence-corrected chi connectivity index (χ4v) is 1.80. The lowest BCUT2D eigenvalue weighted by molar-refractivity contribution is -0.127. The largest absolute Gasteiger partial charge is 0.343 e. The topological polar surface area (TPSA) is 20.3 Å². The van der Waals surface area contributed by atoms with Gasteiger partial charge in [-0.15, -0.1) is 0 Å². The summed E-state index contributed by atoms with van der Waals surface area (Å²) >= 11 is 0. The van der Waals surface area contributed by atoms with Gasteiger partial charge in [-0.05, 0) is 24.7 Å². The van der Waals surface area contributed by atoms with Crippen LogP contribution in [0, 0.1) is 5.41 Å². The van der Waals surface area contributed by atoms with Crippen molar-refractivity contribution < 1.29 is 4.79 Å². The van der Waals surface area contributed by atoms with Crippen molar-refractivity contribution in [3.63, 3.8) is 0 Å². The van der Waals surface area contributed by atoms with E-state index in [1.807, 2.05) is 11.9 Å². The van der Waals surface area contributed by atoms with Crippen LogP contribution in [0.2, 0.25) is 0 Å². The summed E-state index contributed by atoms with van der Waals surface area (Å²) in [5, 5.41) is 0. The van der Waals surface area contributed by atoms with Crippen molar-refractivity contribution in [2.24, 2.45) is 5.41 Å². The molecule has 0 aromatic heterocycles. The van der Waals surface area contributed by atoms with E-state index in [0.717, 1.165) is 19.3 Å².